The number of halogens is 1. The number of hydrogen-bond acceptors (Lipinski definition) is 6. The molecule has 30 heavy (non-hydrogen) atoms. The van der Waals surface area contributed by atoms with Crippen molar-refractivity contribution in [3.63, 3.8) is 0 Å². The fraction of sp³-hybridized carbons (Fsp3) is 0.143. The Morgan fingerprint density at radius 2 is 2.13 bits per heavy atom. The van der Waals surface area contributed by atoms with Gasteiger partial charge in [-0.2, -0.15) is 0 Å². The van der Waals surface area contributed by atoms with Crippen LogP contribution >= 0.6 is 0 Å². The highest BCUT2D eigenvalue weighted by Crippen LogP contribution is 2.31. The lowest BCUT2D eigenvalue weighted by Gasteiger charge is -2.12. The van der Waals surface area contributed by atoms with Crippen molar-refractivity contribution in [2.75, 3.05) is 11.9 Å². The van der Waals surface area contributed by atoms with Crippen molar-refractivity contribution in [1.82, 2.24) is 29.0 Å². The van der Waals surface area contributed by atoms with Crippen LogP contribution in [-0.4, -0.2) is 35.6 Å². The molecule has 0 bridgehead atoms. The van der Waals surface area contributed by atoms with Crippen LogP contribution in [0.1, 0.15) is 11.1 Å². The number of pyridine rings is 1. The first kappa shape index (κ1) is 16.9. The van der Waals surface area contributed by atoms with E-state index < -0.39 is 0 Å². The average Bonchev–Trinajstić information content (AvgIpc) is 3.52. The number of benzene rings is 1. The molecule has 0 saturated carbocycles. The third-order valence-corrected chi connectivity index (χ3v) is 5.41. The highest BCUT2D eigenvalue weighted by Gasteiger charge is 2.20. The van der Waals surface area contributed by atoms with Crippen molar-refractivity contribution in [3.05, 3.63) is 72.3 Å². The molecule has 8 nitrogen and oxygen atoms in total. The van der Waals surface area contributed by atoms with Gasteiger partial charge in [0.05, 0.1) is 6.61 Å². The molecule has 5 heterocycles. The topological polar surface area (TPSA) is 81.6 Å². The first-order chi connectivity index (χ1) is 14.8. The summed E-state index contributed by atoms with van der Waals surface area (Å²) in [6.07, 6.45) is 9.63. The Hall–Kier alpha value is -4.01. The maximum atomic E-state index is 14.4. The molecule has 0 spiro atoms. The van der Waals surface area contributed by atoms with E-state index in [-0.39, 0.29) is 12.4 Å². The second-order valence-electron chi connectivity index (χ2n) is 7.08. The molecule has 9 heteroatoms. The molecular formula is C21H16FN7O. The van der Waals surface area contributed by atoms with Crippen LogP contribution in [0.4, 0.5) is 10.3 Å². The van der Waals surface area contributed by atoms with Crippen LogP contribution in [-0.2, 0) is 13.0 Å². The largest absolute Gasteiger partial charge is 0.493 e. The molecule has 6 rings (SSSR count). The second-order valence-corrected chi connectivity index (χ2v) is 7.08. The molecule has 0 saturated heterocycles. The maximum Gasteiger partial charge on any atom is 0.210 e. The van der Waals surface area contributed by atoms with Crippen LogP contribution in [0.15, 0.2) is 55.4 Å². The Labute approximate surface area is 170 Å². The number of fused-ring (bicyclic) bond motifs is 3. The number of hydrogen-bond donors (Lipinski definition) is 1. The van der Waals surface area contributed by atoms with Gasteiger partial charge < -0.3 is 14.5 Å². The molecule has 148 valence electrons. The molecule has 1 N–H and O–H groups in total. The highest BCUT2D eigenvalue weighted by atomic mass is 19.1. The van der Waals surface area contributed by atoms with Crippen molar-refractivity contribution in [1.29, 1.82) is 0 Å². The summed E-state index contributed by atoms with van der Waals surface area (Å²) in [5, 5.41) is 11.5. The minimum atomic E-state index is -0.253. The number of imidazole rings is 1. The van der Waals surface area contributed by atoms with Gasteiger partial charge in [0, 0.05) is 54.4 Å². The molecule has 1 aliphatic heterocycles. The molecule has 0 radical (unpaired) electrons. The fourth-order valence-electron chi connectivity index (χ4n) is 3.91. The quantitative estimate of drug-likeness (QED) is 0.498. The van der Waals surface area contributed by atoms with E-state index in [4.69, 9.17) is 4.74 Å². The van der Waals surface area contributed by atoms with E-state index in [1.165, 1.54) is 6.07 Å². The first-order valence-corrected chi connectivity index (χ1v) is 9.57. The Bertz CT molecular complexity index is 1410. The third kappa shape index (κ3) is 2.59. The van der Waals surface area contributed by atoms with E-state index >= 15 is 0 Å². The second kappa shape index (κ2) is 6.51. The van der Waals surface area contributed by atoms with Crippen molar-refractivity contribution in [3.8, 4) is 16.9 Å². The van der Waals surface area contributed by atoms with Gasteiger partial charge in [0.1, 0.15) is 23.5 Å². The fourth-order valence-corrected chi connectivity index (χ4v) is 3.91. The molecule has 0 unspecified atom stereocenters. The van der Waals surface area contributed by atoms with Gasteiger partial charge in [-0.05, 0) is 29.8 Å². The van der Waals surface area contributed by atoms with Gasteiger partial charge in [-0.1, -0.05) is 0 Å². The first-order valence-electron chi connectivity index (χ1n) is 9.57. The summed E-state index contributed by atoms with van der Waals surface area (Å²) >= 11 is 0. The minimum absolute atomic E-state index is 0.253. The van der Waals surface area contributed by atoms with Crippen molar-refractivity contribution in [2.24, 2.45) is 0 Å². The number of aromatic nitrogens is 6. The van der Waals surface area contributed by atoms with Crippen LogP contribution in [0.2, 0.25) is 0 Å². The smallest absolute Gasteiger partial charge is 0.210 e. The Kier molecular flexibility index (Phi) is 3.67. The normalized spacial score (nSPS) is 13.0. The van der Waals surface area contributed by atoms with Crippen LogP contribution in [0.5, 0.6) is 5.75 Å². The van der Waals surface area contributed by atoms with Gasteiger partial charge in [0.15, 0.2) is 5.65 Å². The van der Waals surface area contributed by atoms with Crippen molar-refractivity contribution in [2.45, 2.75) is 13.0 Å². The minimum Gasteiger partial charge on any atom is -0.493 e. The van der Waals surface area contributed by atoms with E-state index in [0.29, 0.717) is 30.2 Å². The number of anilines is 1. The lowest BCUT2D eigenvalue weighted by Crippen LogP contribution is -2.09. The molecule has 0 aliphatic carbocycles. The number of rotatable bonds is 4. The highest BCUT2D eigenvalue weighted by molar-refractivity contribution is 5.79. The van der Waals surface area contributed by atoms with Gasteiger partial charge in [-0.3, -0.25) is 4.40 Å². The Morgan fingerprint density at radius 3 is 3.10 bits per heavy atom. The van der Waals surface area contributed by atoms with Crippen LogP contribution in [0, 0.1) is 5.82 Å². The molecule has 1 aromatic carbocycles. The van der Waals surface area contributed by atoms with Gasteiger partial charge in [0.25, 0.3) is 0 Å². The number of nitrogens with one attached hydrogen (secondary N) is 1. The zero-order valence-electron chi connectivity index (χ0n) is 15.8. The van der Waals surface area contributed by atoms with Gasteiger partial charge in [-0.15, -0.1) is 10.2 Å². The van der Waals surface area contributed by atoms with Gasteiger partial charge in [0.2, 0.25) is 5.95 Å². The molecular weight excluding hydrogens is 385 g/mol. The lowest BCUT2D eigenvalue weighted by atomic mass is 10.0. The van der Waals surface area contributed by atoms with E-state index in [9.17, 15) is 4.39 Å². The van der Waals surface area contributed by atoms with Crippen LogP contribution < -0.4 is 10.1 Å². The van der Waals surface area contributed by atoms with Crippen molar-refractivity contribution < 1.29 is 9.13 Å². The zero-order chi connectivity index (χ0) is 20.1. The third-order valence-electron chi connectivity index (χ3n) is 5.41. The number of nitrogens with zero attached hydrogens (tertiary/aromatic N) is 6. The van der Waals surface area contributed by atoms with Crippen LogP contribution in [0.3, 0.4) is 0 Å². The summed E-state index contributed by atoms with van der Waals surface area (Å²) in [6.45, 7) is 0.868. The molecule has 4 aromatic heterocycles. The monoisotopic (exact) mass is 401 g/mol. The zero-order valence-corrected chi connectivity index (χ0v) is 15.8. The Morgan fingerprint density at radius 1 is 1.17 bits per heavy atom. The summed E-state index contributed by atoms with van der Waals surface area (Å²) in [5.74, 6) is 1.04. The molecule has 0 amide bonds. The summed E-state index contributed by atoms with van der Waals surface area (Å²) in [5.41, 5.74) is 4.78. The standard InChI is InChI=1S/C21H16FN7O/c22-17-1-2-18-14(4-8-30-18)16(17)11-25-21-24-10-15(20-27-26-12-29(20)21)13-3-6-28-7-5-23-19(28)9-13/h1-3,5-7,9-10,12H,4,8,11H2,(H,24,25). The summed E-state index contributed by atoms with van der Waals surface area (Å²) in [4.78, 5) is 8.88. The van der Waals surface area contributed by atoms with E-state index in [2.05, 4.69) is 25.5 Å². The summed E-state index contributed by atoms with van der Waals surface area (Å²) in [7, 11) is 0. The summed E-state index contributed by atoms with van der Waals surface area (Å²) < 4.78 is 23.7. The molecule has 0 fully saturated rings. The van der Waals surface area contributed by atoms with Crippen LogP contribution in [0.25, 0.3) is 22.4 Å². The average molecular weight is 401 g/mol. The predicted molar refractivity (Wildman–Crippen MR) is 108 cm³/mol. The van der Waals surface area contributed by atoms with Crippen molar-refractivity contribution >= 4 is 17.2 Å². The van der Waals surface area contributed by atoms with Gasteiger partial charge in [-0.25, -0.2) is 14.4 Å². The van der Waals surface area contributed by atoms with E-state index in [0.717, 1.165) is 28.1 Å². The molecule has 5 aromatic rings. The van der Waals surface area contributed by atoms with E-state index in [1.807, 2.05) is 28.9 Å². The summed E-state index contributed by atoms with van der Waals surface area (Å²) in [6, 6.07) is 7.08. The number of ether oxygens (including phenoxy) is 1. The SMILES string of the molecule is Fc1ccc2c(c1CNc1ncc(-c3ccn4ccnc4c3)c3nncn13)CCO2. The van der Waals surface area contributed by atoms with Gasteiger partial charge >= 0.3 is 0 Å². The predicted octanol–water partition coefficient (Wildman–Crippen LogP) is 3.13. The lowest BCUT2D eigenvalue weighted by molar-refractivity contribution is 0.356. The molecule has 0 atom stereocenters. The molecule has 1 aliphatic rings. The Balaban J connectivity index is 1.36. The van der Waals surface area contributed by atoms with E-state index in [1.54, 1.807) is 29.2 Å². The maximum absolute atomic E-state index is 14.4.